The number of halogens is 1. The van der Waals surface area contributed by atoms with Gasteiger partial charge in [-0.2, -0.15) is 0 Å². The number of benzene rings is 1. The predicted molar refractivity (Wildman–Crippen MR) is 97.5 cm³/mol. The van der Waals surface area contributed by atoms with E-state index < -0.39 is 5.54 Å². The molecule has 1 saturated carbocycles. The third kappa shape index (κ3) is 5.47. The van der Waals surface area contributed by atoms with Crippen molar-refractivity contribution in [1.29, 1.82) is 0 Å². The highest BCUT2D eigenvalue weighted by Gasteiger charge is 2.51. The van der Waals surface area contributed by atoms with Gasteiger partial charge in [0.2, 0.25) is 5.91 Å². The quantitative estimate of drug-likeness (QED) is 0.701. The van der Waals surface area contributed by atoms with Gasteiger partial charge in [-0.05, 0) is 51.2 Å². The van der Waals surface area contributed by atoms with Crippen molar-refractivity contribution in [2.24, 2.45) is 0 Å². The zero-order valence-corrected chi connectivity index (χ0v) is 15.4. The number of carbonyl (C=O) groups is 2. The van der Waals surface area contributed by atoms with Crippen LogP contribution in [0.4, 0.5) is 0 Å². The molecule has 0 bridgehead atoms. The molecule has 0 heterocycles. The Bertz CT molecular complexity index is 639. The number of hydrogen-bond acceptors (Lipinski definition) is 4. The molecular formula is C18H24ClN3O3. The monoisotopic (exact) mass is 365 g/mol. The van der Waals surface area contributed by atoms with E-state index in [1.165, 1.54) is 0 Å². The molecule has 6 nitrogen and oxygen atoms in total. The summed E-state index contributed by atoms with van der Waals surface area (Å²) < 4.78 is 5.36. The Morgan fingerprint density at radius 3 is 2.48 bits per heavy atom. The molecule has 1 aromatic rings. The molecule has 0 aromatic heterocycles. The van der Waals surface area contributed by atoms with E-state index >= 15 is 0 Å². The number of ether oxygens (including phenoxy) is 1. The van der Waals surface area contributed by atoms with Crippen LogP contribution < -0.4 is 15.4 Å². The third-order valence-electron chi connectivity index (χ3n) is 4.23. The van der Waals surface area contributed by atoms with E-state index in [1.807, 2.05) is 19.0 Å². The number of nitrogens with zero attached hydrogens (tertiary/aromatic N) is 1. The van der Waals surface area contributed by atoms with E-state index in [0.29, 0.717) is 29.4 Å². The van der Waals surface area contributed by atoms with Crippen LogP contribution in [0.3, 0.4) is 0 Å². The highest BCUT2D eigenvalue weighted by molar-refractivity contribution is 6.30. The molecule has 2 rings (SSSR count). The average Bonchev–Trinajstić information content (AvgIpc) is 3.36. The van der Waals surface area contributed by atoms with Crippen molar-refractivity contribution in [3.63, 3.8) is 0 Å². The number of carbonyl (C=O) groups excluding carboxylic acids is 2. The van der Waals surface area contributed by atoms with Gasteiger partial charge >= 0.3 is 0 Å². The molecule has 25 heavy (non-hydrogen) atoms. The van der Waals surface area contributed by atoms with Crippen LogP contribution in [0.2, 0.25) is 5.02 Å². The second-order valence-electron chi connectivity index (χ2n) is 6.33. The van der Waals surface area contributed by atoms with Gasteiger partial charge in [0.25, 0.3) is 5.91 Å². The second-order valence-corrected chi connectivity index (χ2v) is 6.76. The summed E-state index contributed by atoms with van der Waals surface area (Å²) in [5, 5.41) is 6.17. The Labute approximate surface area is 153 Å². The van der Waals surface area contributed by atoms with E-state index in [-0.39, 0.29) is 18.4 Å². The van der Waals surface area contributed by atoms with E-state index in [9.17, 15) is 9.59 Å². The second kappa shape index (κ2) is 8.36. The summed E-state index contributed by atoms with van der Waals surface area (Å²) in [4.78, 5) is 25.9. The maximum absolute atomic E-state index is 12.2. The first kappa shape index (κ1) is 19.3. The van der Waals surface area contributed by atoms with Gasteiger partial charge in [0.15, 0.2) is 6.61 Å². The highest BCUT2D eigenvalue weighted by atomic mass is 35.5. The van der Waals surface area contributed by atoms with Gasteiger partial charge in [-0.15, -0.1) is 0 Å². The fourth-order valence-electron chi connectivity index (χ4n) is 2.42. The van der Waals surface area contributed by atoms with Gasteiger partial charge in [-0.25, -0.2) is 0 Å². The molecule has 0 saturated heterocycles. The van der Waals surface area contributed by atoms with E-state index in [2.05, 4.69) is 17.2 Å². The molecule has 136 valence electrons. The SMILES string of the molecule is C=C(CCNC(=O)COc1ccc(Cl)cc1)NC(=O)C1(N(C)C)CC1. The van der Waals surface area contributed by atoms with Gasteiger partial charge in [-0.3, -0.25) is 14.5 Å². The number of nitrogens with one attached hydrogen (secondary N) is 2. The minimum atomic E-state index is -0.390. The lowest BCUT2D eigenvalue weighted by atomic mass is 10.2. The molecule has 1 aromatic carbocycles. The predicted octanol–water partition coefficient (Wildman–Crippen LogP) is 1.95. The summed E-state index contributed by atoms with van der Waals surface area (Å²) in [6.07, 6.45) is 2.19. The minimum absolute atomic E-state index is 0.0279. The Hall–Kier alpha value is -2.05. The van der Waals surface area contributed by atoms with Crippen molar-refractivity contribution < 1.29 is 14.3 Å². The molecule has 0 atom stereocenters. The topological polar surface area (TPSA) is 70.7 Å². The first-order valence-corrected chi connectivity index (χ1v) is 8.53. The Balaban J connectivity index is 1.63. The molecule has 0 radical (unpaired) electrons. The summed E-state index contributed by atoms with van der Waals surface area (Å²) in [5.41, 5.74) is 0.204. The van der Waals surface area contributed by atoms with E-state index in [0.717, 1.165) is 12.8 Å². The van der Waals surface area contributed by atoms with Gasteiger partial charge in [-0.1, -0.05) is 18.2 Å². The van der Waals surface area contributed by atoms with E-state index in [4.69, 9.17) is 16.3 Å². The first-order valence-electron chi connectivity index (χ1n) is 8.15. The number of likely N-dealkylation sites (N-methyl/N-ethyl adjacent to an activating group) is 1. The molecule has 1 aliphatic carbocycles. The molecule has 1 aliphatic rings. The lowest BCUT2D eigenvalue weighted by Crippen LogP contribution is -2.45. The average molecular weight is 366 g/mol. The maximum atomic E-state index is 12.2. The van der Waals surface area contributed by atoms with Crippen molar-refractivity contribution in [2.75, 3.05) is 27.2 Å². The Morgan fingerprint density at radius 2 is 1.92 bits per heavy atom. The summed E-state index contributed by atoms with van der Waals surface area (Å²) in [6.45, 7) is 4.16. The molecule has 7 heteroatoms. The van der Waals surface area contributed by atoms with E-state index in [1.54, 1.807) is 24.3 Å². The fraction of sp³-hybridized carbons (Fsp3) is 0.444. The van der Waals surface area contributed by atoms with Crippen LogP contribution in [0.5, 0.6) is 5.75 Å². The van der Waals surface area contributed by atoms with Crippen LogP contribution in [0.1, 0.15) is 19.3 Å². The van der Waals surface area contributed by atoms with Crippen molar-refractivity contribution >= 4 is 23.4 Å². The fourth-order valence-corrected chi connectivity index (χ4v) is 2.54. The zero-order chi connectivity index (χ0) is 18.4. The molecule has 1 fully saturated rings. The standard InChI is InChI=1S/C18H24ClN3O3/c1-13(21-17(24)18(9-10-18)22(2)3)8-11-20-16(23)12-25-15-6-4-14(19)5-7-15/h4-7H,1,8-12H2,2-3H3,(H,20,23)(H,21,24). The number of amides is 2. The van der Waals surface area contributed by atoms with Crippen molar-refractivity contribution in [2.45, 2.75) is 24.8 Å². The zero-order valence-electron chi connectivity index (χ0n) is 14.6. The Morgan fingerprint density at radius 1 is 1.28 bits per heavy atom. The molecule has 2 N–H and O–H groups in total. The summed E-state index contributed by atoms with van der Waals surface area (Å²) in [5.74, 6) is 0.315. The number of hydrogen-bond donors (Lipinski definition) is 2. The third-order valence-corrected chi connectivity index (χ3v) is 4.48. The summed E-state index contributed by atoms with van der Waals surface area (Å²) >= 11 is 5.78. The van der Waals surface area contributed by atoms with Gasteiger partial charge in [0.05, 0.1) is 0 Å². The highest BCUT2D eigenvalue weighted by Crippen LogP contribution is 2.40. The maximum Gasteiger partial charge on any atom is 0.257 e. The van der Waals surface area contributed by atoms with Gasteiger partial charge in [0.1, 0.15) is 11.3 Å². The molecule has 0 spiro atoms. The molecular weight excluding hydrogens is 342 g/mol. The molecule has 2 amide bonds. The summed E-state index contributed by atoms with van der Waals surface area (Å²) in [6, 6.07) is 6.79. The van der Waals surface area contributed by atoms with Gasteiger partial charge in [0, 0.05) is 23.7 Å². The molecule has 0 unspecified atom stereocenters. The van der Waals surface area contributed by atoms with Crippen LogP contribution in [0.15, 0.2) is 36.5 Å². The van der Waals surface area contributed by atoms with Crippen LogP contribution >= 0.6 is 11.6 Å². The van der Waals surface area contributed by atoms with Crippen LogP contribution in [-0.4, -0.2) is 49.5 Å². The minimum Gasteiger partial charge on any atom is -0.484 e. The van der Waals surface area contributed by atoms with Crippen LogP contribution in [0.25, 0.3) is 0 Å². The van der Waals surface area contributed by atoms with Crippen molar-refractivity contribution in [3.8, 4) is 5.75 Å². The Kier molecular flexibility index (Phi) is 6.45. The normalized spacial score (nSPS) is 14.7. The van der Waals surface area contributed by atoms with Gasteiger partial charge < -0.3 is 15.4 Å². The van der Waals surface area contributed by atoms with Crippen LogP contribution in [0, 0.1) is 0 Å². The lowest BCUT2D eigenvalue weighted by molar-refractivity contribution is -0.126. The molecule has 0 aliphatic heterocycles. The first-order chi connectivity index (χ1) is 11.8. The van der Waals surface area contributed by atoms with Crippen molar-refractivity contribution in [1.82, 2.24) is 15.5 Å². The van der Waals surface area contributed by atoms with Crippen molar-refractivity contribution in [3.05, 3.63) is 41.6 Å². The van der Waals surface area contributed by atoms with Crippen LogP contribution in [-0.2, 0) is 9.59 Å². The smallest absolute Gasteiger partial charge is 0.257 e. The number of rotatable bonds is 9. The lowest BCUT2D eigenvalue weighted by Gasteiger charge is -2.23. The largest absolute Gasteiger partial charge is 0.484 e. The summed E-state index contributed by atoms with van der Waals surface area (Å²) in [7, 11) is 3.80.